The van der Waals surface area contributed by atoms with Gasteiger partial charge < -0.3 is 4.42 Å². The Morgan fingerprint density at radius 3 is 1.95 bits per heavy atom. The Hall–Kier alpha value is -2.80. The molecule has 0 saturated heterocycles. The normalized spacial score (nSPS) is 11.0. The van der Waals surface area contributed by atoms with E-state index in [9.17, 15) is 0 Å². The highest BCUT2D eigenvalue weighted by Gasteiger charge is 2.16. The fourth-order valence-corrected chi connectivity index (χ4v) is 3.08. The van der Waals surface area contributed by atoms with Gasteiger partial charge in [0.25, 0.3) is 0 Å². The van der Waals surface area contributed by atoms with Gasteiger partial charge in [0.15, 0.2) is 0 Å². The second-order valence-corrected chi connectivity index (χ2v) is 5.44. The largest absolute Gasteiger partial charge is 0.461 e. The van der Waals surface area contributed by atoms with E-state index in [1.807, 2.05) is 25.1 Å². The summed E-state index contributed by atoms with van der Waals surface area (Å²) in [5.41, 5.74) is 5.76. The third-order valence-corrected chi connectivity index (χ3v) is 4.04. The zero-order chi connectivity index (χ0) is 14.9. The monoisotopic (exact) mass is 284 g/mol. The zero-order valence-electron chi connectivity index (χ0n) is 12.4. The lowest BCUT2D eigenvalue weighted by Crippen LogP contribution is -1.82. The molecular formula is C21H16O. The van der Waals surface area contributed by atoms with Gasteiger partial charge in [-0.3, -0.25) is 0 Å². The molecule has 0 aliphatic rings. The van der Waals surface area contributed by atoms with Crippen molar-refractivity contribution < 1.29 is 4.42 Å². The van der Waals surface area contributed by atoms with Gasteiger partial charge >= 0.3 is 0 Å². The topological polar surface area (TPSA) is 13.1 Å². The van der Waals surface area contributed by atoms with Gasteiger partial charge in [0, 0.05) is 10.9 Å². The van der Waals surface area contributed by atoms with Gasteiger partial charge in [0.1, 0.15) is 11.3 Å². The third-order valence-electron chi connectivity index (χ3n) is 4.04. The predicted octanol–water partition coefficient (Wildman–Crippen LogP) is 6.08. The van der Waals surface area contributed by atoms with Crippen LogP contribution in [0.5, 0.6) is 0 Å². The SMILES string of the molecule is Cc1oc2cccc(-c3ccccc3)c2c1-c1ccccc1. The molecule has 0 bridgehead atoms. The summed E-state index contributed by atoms with van der Waals surface area (Å²) in [6.07, 6.45) is 0. The molecule has 0 saturated carbocycles. The van der Waals surface area contributed by atoms with Gasteiger partial charge in [-0.1, -0.05) is 72.8 Å². The minimum atomic E-state index is 0.942. The predicted molar refractivity (Wildman–Crippen MR) is 91.8 cm³/mol. The molecule has 3 aromatic carbocycles. The van der Waals surface area contributed by atoms with Crippen molar-refractivity contribution in [2.24, 2.45) is 0 Å². The van der Waals surface area contributed by atoms with Gasteiger partial charge in [-0.15, -0.1) is 0 Å². The van der Waals surface area contributed by atoms with Crippen LogP contribution in [-0.4, -0.2) is 0 Å². The Morgan fingerprint density at radius 1 is 0.636 bits per heavy atom. The summed E-state index contributed by atoms with van der Waals surface area (Å²) >= 11 is 0. The van der Waals surface area contributed by atoms with Crippen LogP contribution in [0.1, 0.15) is 5.76 Å². The standard InChI is InChI=1S/C21H16O/c1-15-20(17-11-6-3-7-12-17)21-18(13-8-14-19(21)22-15)16-9-4-2-5-10-16/h2-14H,1H3. The van der Waals surface area contributed by atoms with E-state index in [4.69, 9.17) is 4.42 Å². The smallest absolute Gasteiger partial charge is 0.135 e. The second kappa shape index (κ2) is 5.19. The maximum atomic E-state index is 6.02. The van der Waals surface area contributed by atoms with Crippen LogP contribution >= 0.6 is 0 Å². The first-order chi connectivity index (χ1) is 10.8. The maximum absolute atomic E-state index is 6.02. The first kappa shape index (κ1) is 12.9. The lowest BCUT2D eigenvalue weighted by Gasteiger charge is -2.06. The van der Waals surface area contributed by atoms with Gasteiger partial charge in [-0.2, -0.15) is 0 Å². The van der Waals surface area contributed by atoms with E-state index in [-0.39, 0.29) is 0 Å². The fourth-order valence-electron chi connectivity index (χ4n) is 3.08. The summed E-state index contributed by atoms with van der Waals surface area (Å²) in [5, 5.41) is 1.19. The summed E-state index contributed by atoms with van der Waals surface area (Å²) in [5.74, 6) is 0.963. The molecule has 22 heavy (non-hydrogen) atoms. The van der Waals surface area contributed by atoms with Crippen LogP contribution in [0.3, 0.4) is 0 Å². The van der Waals surface area contributed by atoms with Crippen LogP contribution in [0.4, 0.5) is 0 Å². The van der Waals surface area contributed by atoms with Crippen molar-refractivity contribution in [3.05, 3.63) is 84.6 Å². The van der Waals surface area contributed by atoms with Crippen LogP contribution in [-0.2, 0) is 0 Å². The Labute approximate surface area is 129 Å². The molecule has 0 aliphatic heterocycles. The summed E-state index contributed by atoms with van der Waals surface area (Å²) in [6.45, 7) is 2.04. The minimum absolute atomic E-state index is 0.942. The van der Waals surface area contributed by atoms with Gasteiger partial charge in [0.2, 0.25) is 0 Å². The number of aryl methyl sites for hydroxylation is 1. The molecule has 0 unspecified atom stereocenters. The Kier molecular flexibility index (Phi) is 3.05. The van der Waals surface area contributed by atoms with Crippen molar-refractivity contribution in [2.45, 2.75) is 6.92 Å². The van der Waals surface area contributed by atoms with E-state index in [2.05, 4.69) is 60.7 Å². The molecular weight excluding hydrogens is 268 g/mol. The molecule has 4 aromatic rings. The minimum Gasteiger partial charge on any atom is -0.461 e. The summed E-state index contributed by atoms with van der Waals surface area (Å²) < 4.78 is 6.02. The van der Waals surface area contributed by atoms with Crippen LogP contribution in [0.25, 0.3) is 33.2 Å². The second-order valence-electron chi connectivity index (χ2n) is 5.44. The van der Waals surface area contributed by atoms with Crippen LogP contribution in [0, 0.1) is 6.92 Å². The van der Waals surface area contributed by atoms with E-state index in [0.717, 1.165) is 11.3 Å². The average Bonchev–Trinajstić information content (AvgIpc) is 2.92. The lowest BCUT2D eigenvalue weighted by molar-refractivity contribution is 0.580. The molecule has 0 radical (unpaired) electrons. The number of fused-ring (bicyclic) bond motifs is 1. The molecule has 0 fully saturated rings. The highest BCUT2D eigenvalue weighted by atomic mass is 16.3. The van der Waals surface area contributed by atoms with Crippen molar-refractivity contribution in [3.63, 3.8) is 0 Å². The zero-order valence-corrected chi connectivity index (χ0v) is 12.4. The third kappa shape index (κ3) is 2.03. The van der Waals surface area contributed by atoms with E-state index < -0.39 is 0 Å². The van der Waals surface area contributed by atoms with Gasteiger partial charge in [0.05, 0.1) is 0 Å². The van der Waals surface area contributed by atoms with E-state index >= 15 is 0 Å². The molecule has 1 heteroatoms. The van der Waals surface area contributed by atoms with E-state index in [0.29, 0.717) is 0 Å². The van der Waals surface area contributed by atoms with Gasteiger partial charge in [-0.05, 0) is 29.7 Å². The van der Waals surface area contributed by atoms with Crippen molar-refractivity contribution in [2.75, 3.05) is 0 Å². The molecule has 0 atom stereocenters. The highest BCUT2D eigenvalue weighted by molar-refractivity contribution is 6.05. The number of furan rings is 1. The number of rotatable bonds is 2. The first-order valence-electron chi connectivity index (χ1n) is 7.47. The van der Waals surface area contributed by atoms with Crippen LogP contribution in [0.15, 0.2) is 83.3 Å². The molecule has 0 spiro atoms. The first-order valence-corrected chi connectivity index (χ1v) is 7.47. The Balaban J connectivity index is 2.08. The van der Waals surface area contributed by atoms with Crippen molar-refractivity contribution in [1.29, 1.82) is 0 Å². The number of benzene rings is 3. The van der Waals surface area contributed by atoms with Crippen molar-refractivity contribution >= 4 is 11.0 Å². The Morgan fingerprint density at radius 2 is 1.27 bits per heavy atom. The highest BCUT2D eigenvalue weighted by Crippen LogP contribution is 2.40. The summed E-state index contributed by atoms with van der Waals surface area (Å²) in [7, 11) is 0. The fraction of sp³-hybridized carbons (Fsp3) is 0.0476. The summed E-state index contributed by atoms with van der Waals surface area (Å²) in [6, 6.07) is 27.2. The maximum Gasteiger partial charge on any atom is 0.135 e. The molecule has 1 aromatic heterocycles. The molecule has 0 aliphatic carbocycles. The van der Waals surface area contributed by atoms with Crippen molar-refractivity contribution in [1.82, 2.24) is 0 Å². The molecule has 1 heterocycles. The molecule has 0 N–H and O–H groups in total. The Bertz CT molecular complexity index is 918. The molecule has 106 valence electrons. The average molecular weight is 284 g/mol. The number of hydrogen-bond acceptors (Lipinski definition) is 1. The lowest BCUT2D eigenvalue weighted by atomic mass is 9.95. The quantitative estimate of drug-likeness (QED) is 0.435. The van der Waals surface area contributed by atoms with E-state index in [1.165, 1.54) is 27.6 Å². The molecule has 4 rings (SSSR count). The van der Waals surface area contributed by atoms with Crippen molar-refractivity contribution in [3.8, 4) is 22.3 Å². The summed E-state index contributed by atoms with van der Waals surface area (Å²) in [4.78, 5) is 0. The van der Waals surface area contributed by atoms with Crippen LogP contribution in [0.2, 0.25) is 0 Å². The molecule has 0 amide bonds. The van der Waals surface area contributed by atoms with Crippen LogP contribution < -0.4 is 0 Å². The van der Waals surface area contributed by atoms with Gasteiger partial charge in [-0.25, -0.2) is 0 Å². The number of hydrogen-bond donors (Lipinski definition) is 0. The molecule has 1 nitrogen and oxygen atoms in total. The van der Waals surface area contributed by atoms with E-state index in [1.54, 1.807) is 0 Å².